The van der Waals surface area contributed by atoms with Crippen molar-refractivity contribution in [2.24, 2.45) is 5.92 Å². The normalized spacial score (nSPS) is 36.7. The van der Waals surface area contributed by atoms with Crippen LogP contribution in [0.3, 0.4) is 0 Å². The van der Waals surface area contributed by atoms with Crippen LogP contribution < -0.4 is 0 Å². The summed E-state index contributed by atoms with van der Waals surface area (Å²) in [7, 11) is 0. The van der Waals surface area contributed by atoms with Gasteiger partial charge in [-0.3, -0.25) is 0 Å². The van der Waals surface area contributed by atoms with Gasteiger partial charge in [-0.15, -0.1) is 0 Å². The average Bonchev–Trinajstić information content (AvgIpc) is 1.90. The zero-order valence-electron chi connectivity index (χ0n) is 6.10. The quantitative estimate of drug-likeness (QED) is 0.515. The first-order valence-electron chi connectivity index (χ1n) is 3.98. The monoisotopic (exact) mass is 127 g/mol. The Morgan fingerprint density at radius 1 is 1.22 bits per heavy atom. The van der Waals surface area contributed by atoms with Crippen LogP contribution in [0.4, 0.5) is 0 Å². The summed E-state index contributed by atoms with van der Waals surface area (Å²) in [5.41, 5.74) is 0. The maximum absolute atomic E-state index is 10.8. The highest BCUT2D eigenvalue weighted by molar-refractivity contribution is 4.69. The molecule has 1 heteroatoms. The minimum Gasteiger partial charge on any atom is -0.233 e. The molecule has 0 heterocycles. The van der Waals surface area contributed by atoms with Crippen molar-refractivity contribution in [2.75, 3.05) is 0 Å². The summed E-state index contributed by atoms with van der Waals surface area (Å²) in [4.78, 5) is 0. The van der Waals surface area contributed by atoms with Gasteiger partial charge in [0.1, 0.15) is 0 Å². The molecule has 1 saturated carbocycles. The van der Waals surface area contributed by atoms with Crippen molar-refractivity contribution in [2.45, 2.75) is 45.1 Å². The molecule has 1 aliphatic carbocycles. The van der Waals surface area contributed by atoms with Crippen molar-refractivity contribution in [1.29, 1.82) is 0 Å². The lowest BCUT2D eigenvalue weighted by Crippen LogP contribution is -2.16. The SMILES string of the molecule is CCC1CCC([O])CC1. The van der Waals surface area contributed by atoms with Gasteiger partial charge in [0.15, 0.2) is 0 Å². The van der Waals surface area contributed by atoms with E-state index in [0.29, 0.717) is 0 Å². The van der Waals surface area contributed by atoms with Gasteiger partial charge in [-0.1, -0.05) is 13.3 Å². The molecule has 0 aromatic carbocycles. The van der Waals surface area contributed by atoms with Crippen LogP contribution in [0.15, 0.2) is 0 Å². The molecule has 0 aromatic heterocycles. The highest BCUT2D eigenvalue weighted by Crippen LogP contribution is 2.26. The van der Waals surface area contributed by atoms with Gasteiger partial charge >= 0.3 is 0 Å². The predicted molar refractivity (Wildman–Crippen MR) is 36.7 cm³/mol. The molecule has 0 atom stereocenters. The van der Waals surface area contributed by atoms with Crippen molar-refractivity contribution in [1.82, 2.24) is 0 Å². The molecule has 0 amide bonds. The largest absolute Gasteiger partial charge is 0.233 e. The van der Waals surface area contributed by atoms with Crippen LogP contribution in [0.5, 0.6) is 0 Å². The molecule has 1 fully saturated rings. The minimum absolute atomic E-state index is 0.229. The van der Waals surface area contributed by atoms with Gasteiger partial charge in [-0.2, -0.15) is 0 Å². The lowest BCUT2D eigenvalue weighted by atomic mass is 9.86. The van der Waals surface area contributed by atoms with Crippen LogP contribution in [0.1, 0.15) is 39.0 Å². The fraction of sp³-hybridized carbons (Fsp3) is 1.00. The zero-order chi connectivity index (χ0) is 6.69. The van der Waals surface area contributed by atoms with E-state index in [2.05, 4.69) is 6.92 Å². The predicted octanol–water partition coefficient (Wildman–Crippen LogP) is 2.39. The fourth-order valence-electron chi connectivity index (χ4n) is 1.54. The number of rotatable bonds is 1. The first-order chi connectivity index (χ1) is 4.33. The summed E-state index contributed by atoms with van der Waals surface area (Å²) in [6.45, 7) is 2.22. The molecule has 0 aliphatic heterocycles. The average molecular weight is 127 g/mol. The Labute approximate surface area is 57.1 Å². The summed E-state index contributed by atoms with van der Waals surface area (Å²) in [5.74, 6) is 0.871. The van der Waals surface area contributed by atoms with Gasteiger partial charge in [-0.05, 0) is 31.6 Å². The van der Waals surface area contributed by atoms with E-state index in [0.717, 1.165) is 18.8 Å². The molecular weight excluding hydrogens is 112 g/mol. The molecule has 0 unspecified atom stereocenters. The highest BCUT2D eigenvalue weighted by atomic mass is 16.3. The van der Waals surface area contributed by atoms with Crippen molar-refractivity contribution in [3.8, 4) is 0 Å². The molecular formula is C8H15O. The number of hydrogen-bond acceptors (Lipinski definition) is 0. The van der Waals surface area contributed by atoms with E-state index < -0.39 is 0 Å². The van der Waals surface area contributed by atoms with Gasteiger partial charge in [0, 0.05) is 0 Å². The van der Waals surface area contributed by atoms with Crippen LogP contribution in [0, 0.1) is 5.92 Å². The van der Waals surface area contributed by atoms with Crippen LogP contribution >= 0.6 is 0 Å². The zero-order valence-corrected chi connectivity index (χ0v) is 6.10. The second-order valence-corrected chi connectivity index (χ2v) is 3.05. The van der Waals surface area contributed by atoms with Crippen molar-refractivity contribution < 1.29 is 5.11 Å². The Morgan fingerprint density at radius 3 is 2.22 bits per heavy atom. The number of hydrogen-bond donors (Lipinski definition) is 0. The Bertz CT molecular complexity index is 72.6. The molecule has 53 valence electrons. The second kappa shape index (κ2) is 3.21. The Morgan fingerprint density at radius 2 is 1.78 bits per heavy atom. The Kier molecular flexibility index (Phi) is 2.52. The van der Waals surface area contributed by atoms with Crippen molar-refractivity contribution >= 4 is 0 Å². The third-order valence-corrected chi connectivity index (χ3v) is 2.37. The van der Waals surface area contributed by atoms with Gasteiger partial charge in [0.25, 0.3) is 0 Å². The van der Waals surface area contributed by atoms with E-state index >= 15 is 0 Å². The topological polar surface area (TPSA) is 19.9 Å². The van der Waals surface area contributed by atoms with Crippen LogP contribution in [-0.4, -0.2) is 6.10 Å². The summed E-state index contributed by atoms with van der Waals surface area (Å²) in [5, 5.41) is 10.8. The molecule has 0 bridgehead atoms. The van der Waals surface area contributed by atoms with Crippen LogP contribution in [-0.2, 0) is 5.11 Å². The molecule has 1 rings (SSSR count). The lowest BCUT2D eigenvalue weighted by molar-refractivity contribution is 0.0420. The first kappa shape index (κ1) is 7.07. The summed E-state index contributed by atoms with van der Waals surface area (Å²) >= 11 is 0. The van der Waals surface area contributed by atoms with E-state index in [1.165, 1.54) is 19.3 Å². The summed E-state index contributed by atoms with van der Waals surface area (Å²) in [6.07, 6.45) is 5.27. The molecule has 0 aromatic rings. The summed E-state index contributed by atoms with van der Waals surface area (Å²) in [6, 6.07) is 0. The van der Waals surface area contributed by atoms with Gasteiger partial charge in [-0.25, -0.2) is 5.11 Å². The van der Waals surface area contributed by atoms with E-state index in [-0.39, 0.29) is 6.10 Å². The van der Waals surface area contributed by atoms with Gasteiger partial charge in [0.05, 0.1) is 6.10 Å². The standard InChI is InChI=1S/C8H15O/c1-2-7-3-5-8(9)6-4-7/h7-8H,2-6H2,1H3. The van der Waals surface area contributed by atoms with Crippen molar-refractivity contribution in [3.63, 3.8) is 0 Å². The third kappa shape index (κ3) is 1.98. The van der Waals surface area contributed by atoms with Crippen molar-refractivity contribution in [3.05, 3.63) is 0 Å². The molecule has 1 nitrogen and oxygen atoms in total. The summed E-state index contributed by atoms with van der Waals surface area (Å²) < 4.78 is 0. The van der Waals surface area contributed by atoms with Gasteiger partial charge in [0.2, 0.25) is 0 Å². The molecule has 9 heavy (non-hydrogen) atoms. The van der Waals surface area contributed by atoms with E-state index in [1.54, 1.807) is 0 Å². The highest BCUT2D eigenvalue weighted by Gasteiger charge is 2.18. The lowest BCUT2D eigenvalue weighted by Gasteiger charge is -2.22. The first-order valence-corrected chi connectivity index (χ1v) is 3.98. The second-order valence-electron chi connectivity index (χ2n) is 3.05. The van der Waals surface area contributed by atoms with Crippen LogP contribution in [0.25, 0.3) is 0 Å². The molecule has 1 aliphatic rings. The smallest absolute Gasteiger partial charge is 0.0930 e. The Hall–Kier alpha value is -0.0400. The Balaban J connectivity index is 2.18. The van der Waals surface area contributed by atoms with E-state index in [1.807, 2.05) is 0 Å². The molecule has 0 N–H and O–H groups in total. The maximum atomic E-state index is 10.8. The van der Waals surface area contributed by atoms with E-state index in [9.17, 15) is 5.11 Å². The van der Waals surface area contributed by atoms with E-state index in [4.69, 9.17) is 0 Å². The minimum atomic E-state index is -0.229. The van der Waals surface area contributed by atoms with Crippen LogP contribution in [0.2, 0.25) is 0 Å². The fourth-order valence-corrected chi connectivity index (χ4v) is 1.54. The van der Waals surface area contributed by atoms with Gasteiger partial charge < -0.3 is 0 Å². The molecule has 1 radical (unpaired) electrons. The molecule has 0 spiro atoms. The third-order valence-electron chi connectivity index (χ3n) is 2.37. The molecule has 0 saturated heterocycles. The maximum Gasteiger partial charge on any atom is 0.0930 e.